The van der Waals surface area contributed by atoms with Gasteiger partial charge in [-0.3, -0.25) is 4.99 Å². The fourth-order valence-corrected chi connectivity index (χ4v) is 2.91. The Morgan fingerprint density at radius 2 is 2.00 bits per heavy atom. The van der Waals surface area contributed by atoms with E-state index in [1.807, 2.05) is 31.3 Å². The largest absolute Gasteiger partial charge is 0.497 e. The number of nitrogens with zero attached hydrogens (tertiary/aromatic N) is 2. The first-order valence-electron chi connectivity index (χ1n) is 8.70. The second-order valence-corrected chi connectivity index (χ2v) is 7.06. The third-order valence-corrected chi connectivity index (χ3v) is 4.37. The van der Waals surface area contributed by atoms with Gasteiger partial charge in [0.1, 0.15) is 5.75 Å². The maximum atomic E-state index is 5.73. The third kappa shape index (κ3) is 7.40. The average Bonchev–Trinajstić information content (AvgIpc) is 2.94. The zero-order chi connectivity index (χ0) is 17.4. The molecule has 142 valence electrons. The molecule has 1 heterocycles. The fourth-order valence-electron chi connectivity index (χ4n) is 2.91. The molecule has 25 heavy (non-hydrogen) atoms. The van der Waals surface area contributed by atoms with Crippen molar-refractivity contribution in [3.8, 4) is 5.75 Å². The van der Waals surface area contributed by atoms with E-state index in [0.29, 0.717) is 12.0 Å². The summed E-state index contributed by atoms with van der Waals surface area (Å²) >= 11 is 0. The summed E-state index contributed by atoms with van der Waals surface area (Å²) in [5.41, 5.74) is 1.55. The molecule has 1 aromatic carbocycles. The Kier molecular flexibility index (Phi) is 9.56. The molecule has 0 bridgehead atoms. The minimum absolute atomic E-state index is 0. The molecule has 0 aliphatic carbocycles. The van der Waals surface area contributed by atoms with Gasteiger partial charge in [-0.15, -0.1) is 24.0 Å². The van der Waals surface area contributed by atoms with Crippen LogP contribution < -0.4 is 10.1 Å². The molecule has 1 N–H and O–H groups in total. The molecule has 0 amide bonds. The first-order valence-corrected chi connectivity index (χ1v) is 8.70. The summed E-state index contributed by atoms with van der Waals surface area (Å²) < 4.78 is 10.9. The highest BCUT2D eigenvalue weighted by Gasteiger charge is 2.30. The van der Waals surface area contributed by atoms with Crippen molar-refractivity contribution < 1.29 is 9.47 Å². The van der Waals surface area contributed by atoms with Crippen molar-refractivity contribution in [3.63, 3.8) is 0 Å². The Balaban J connectivity index is 0.00000312. The van der Waals surface area contributed by atoms with Crippen molar-refractivity contribution >= 4 is 29.9 Å². The zero-order valence-corrected chi connectivity index (χ0v) is 18.2. The number of likely N-dealkylation sites (tertiary alicyclic amines) is 1. The Labute approximate surface area is 169 Å². The van der Waals surface area contributed by atoms with E-state index in [1.165, 1.54) is 12.0 Å². The Morgan fingerprint density at radius 1 is 1.28 bits per heavy atom. The number of guanidine groups is 1. The second kappa shape index (κ2) is 10.9. The SMILES string of the molecule is CN=C(NCCCOCc1ccc(OC)cc1)N1CCC(C)(C)C1.I. The minimum atomic E-state index is 0. The lowest BCUT2D eigenvalue weighted by molar-refractivity contribution is 0.119. The van der Waals surface area contributed by atoms with Crippen LogP contribution in [0, 0.1) is 5.41 Å². The molecule has 0 radical (unpaired) electrons. The van der Waals surface area contributed by atoms with Gasteiger partial charge in [-0.25, -0.2) is 0 Å². The van der Waals surface area contributed by atoms with Crippen LogP contribution in [0.3, 0.4) is 0 Å². The summed E-state index contributed by atoms with van der Waals surface area (Å²) in [5.74, 6) is 1.88. The molecule has 1 aliphatic heterocycles. The molecule has 1 fully saturated rings. The van der Waals surface area contributed by atoms with Crippen molar-refractivity contribution in [2.45, 2.75) is 33.3 Å². The molecule has 6 heteroatoms. The molecule has 0 saturated carbocycles. The van der Waals surface area contributed by atoms with E-state index in [-0.39, 0.29) is 24.0 Å². The number of nitrogens with one attached hydrogen (secondary N) is 1. The van der Waals surface area contributed by atoms with E-state index in [4.69, 9.17) is 9.47 Å². The number of halogens is 1. The Morgan fingerprint density at radius 3 is 2.56 bits per heavy atom. The minimum Gasteiger partial charge on any atom is -0.497 e. The lowest BCUT2D eigenvalue weighted by Crippen LogP contribution is -2.41. The van der Waals surface area contributed by atoms with Crippen molar-refractivity contribution in [2.75, 3.05) is 40.4 Å². The summed E-state index contributed by atoms with van der Waals surface area (Å²) in [6, 6.07) is 7.99. The van der Waals surface area contributed by atoms with Gasteiger partial charge in [0, 0.05) is 33.3 Å². The molecular formula is C19H32IN3O2. The summed E-state index contributed by atoms with van der Waals surface area (Å²) in [5, 5.41) is 3.44. The predicted octanol–water partition coefficient (Wildman–Crippen LogP) is 3.53. The molecule has 0 atom stereocenters. The summed E-state index contributed by atoms with van der Waals surface area (Å²) in [4.78, 5) is 6.74. The number of methoxy groups -OCH3 is 1. The van der Waals surface area contributed by atoms with Crippen LogP contribution in [0.15, 0.2) is 29.3 Å². The third-order valence-electron chi connectivity index (χ3n) is 4.37. The first kappa shape index (κ1) is 22.0. The highest BCUT2D eigenvalue weighted by Crippen LogP contribution is 2.28. The lowest BCUT2D eigenvalue weighted by Gasteiger charge is -2.23. The Hall–Kier alpha value is -1.02. The van der Waals surface area contributed by atoms with Gasteiger partial charge in [-0.05, 0) is 36.0 Å². The molecule has 1 saturated heterocycles. The number of aliphatic imine (C=N–C) groups is 1. The number of hydrogen-bond acceptors (Lipinski definition) is 3. The zero-order valence-electron chi connectivity index (χ0n) is 15.9. The topological polar surface area (TPSA) is 46.1 Å². The molecule has 0 aromatic heterocycles. The molecule has 0 spiro atoms. The van der Waals surface area contributed by atoms with E-state index in [9.17, 15) is 0 Å². The molecular weight excluding hydrogens is 429 g/mol. The van der Waals surface area contributed by atoms with Crippen LogP contribution >= 0.6 is 24.0 Å². The molecule has 5 nitrogen and oxygen atoms in total. The van der Waals surface area contributed by atoms with E-state index in [2.05, 4.69) is 29.1 Å². The smallest absolute Gasteiger partial charge is 0.193 e. The molecule has 0 unspecified atom stereocenters. The van der Waals surface area contributed by atoms with Crippen molar-refractivity contribution in [2.24, 2.45) is 10.4 Å². The van der Waals surface area contributed by atoms with Crippen LogP contribution in [0.2, 0.25) is 0 Å². The predicted molar refractivity (Wildman–Crippen MR) is 114 cm³/mol. The monoisotopic (exact) mass is 461 g/mol. The number of ether oxygens (including phenoxy) is 2. The number of rotatable bonds is 7. The van der Waals surface area contributed by atoms with Gasteiger partial charge >= 0.3 is 0 Å². The summed E-state index contributed by atoms with van der Waals surface area (Å²) in [6.07, 6.45) is 2.19. The number of hydrogen-bond donors (Lipinski definition) is 1. The van der Waals surface area contributed by atoms with Gasteiger partial charge in [-0.1, -0.05) is 26.0 Å². The Bertz CT molecular complexity index is 532. The van der Waals surface area contributed by atoms with Crippen LogP contribution in [0.5, 0.6) is 5.75 Å². The highest BCUT2D eigenvalue weighted by atomic mass is 127. The fraction of sp³-hybridized carbons (Fsp3) is 0.632. The van der Waals surface area contributed by atoms with Crippen molar-refractivity contribution in [3.05, 3.63) is 29.8 Å². The van der Waals surface area contributed by atoms with E-state index in [0.717, 1.165) is 44.4 Å². The van der Waals surface area contributed by atoms with Crippen molar-refractivity contribution in [1.82, 2.24) is 10.2 Å². The van der Waals surface area contributed by atoms with Gasteiger partial charge < -0.3 is 19.7 Å². The van der Waals surface area contributed by atoms with E-state index < -0.39 is 0 Å². The normalized spacial score (nSPS) is 16.5. The lowest BCUT2D eigenvalue weighted by atomic mass is 9.93. The van der Waals surface area contributed by atoms with Crippen LogP contribution in [-0.4, -0.2) is 51.3 Å². The van der Waals surface area contributed by atoms with E-state index >= 15 is 0 Å². The van der Waals surface area contributed by atoms with Gasteiger partial charge in [0.05, 0.1) is 13.7 Å². The second-order valence-electron chi connectivity index (χ2n) is 7.06. The quantitative estimate of drug-likeness (QED) is 0.292. The van der Waals surface area contributed by atoms with Gasteiger partial charge in [0.2, 0.25) is 0 Å². The molecule has 1 aliphatic rings. The summed E-state index contributed by atoms with van der Waals surface area (Å²) in [7, 11) is 3.53. The maximum absolute atomic E-state index is 5.73. The summed E-state index contributed by atoms with van der Waals surface area (Å²) in [6.45, 7) is 9.04. The molecule has 1 aromatic rings. The van der Waals surface area contributed by atoms with Crippen LogP contribution in [0.4, 0.5) is 0 Å². The average molecular weight is 461 g/mol. The van der Waals surface area contributed by atoms with Crippen LogP contribution in [0.25, 0.3) is 0 Å². The highest BCUT2D eigenvalue weighted by molar-refractivity contribution is 14.0. The van der Waals surface area contributed by atoms with Crippen molar-refractivity contribution in [1.29, 1.82) is 0 Å². The van der Waals surface area contributed by atoms with Gasteiger partial charge in [-0.2, -0.15) is 0 Å². The maximum Gasteiger partial charge on any atom is 0.193 e. The van der Waals surface area contributed by atoms with Gasteiger partial charge in [0.15, 0.2) is 5.96 Å². The van der Waals surface area contributed by atoms with Crippen LogP contribution in [0.1, 0.15) is 32.3 Å². The van der Waals surface area contributed by atoms with Gasteiger partial charge in [0.25, 0.3) is 0 Å². The first-order chi connectivity index (χ1) is 11.5. The molecule has 2 rings (SSSR count). The van der Waals surface area contributed by atoms with E-state index in [1.54, 1.807) is 7.11 Å². The number of benzene rings is 1. The van der Waals surface area contributed by atoms with Crippen LogP contribution in [-0.2, 0) is 11.3 Å². The standard InChI is InChI=1S/C19H31N3O2.HI/c1-19(2)10-12-22(15-19)18(20-3)21-11-5-13-24-14-16-6-8-17(23-4)9-7-16;/h6-9H,5,10-15H2,1-4H3,(H,20,21);1H.